The van der Waals surface area contributed by atoms with Gasteiger partial charge >= 0.3 is 0 Å². The van der Waals surface area contributed by atoms with E-state index >= 15 is 0 Å². The molecule has 0 aliphatic heterocycles. The molecule has 0 bridgehead atoms. The van der Waals surface area contributed by atoms with Crippen LogP contribution in [0.3, 0.4) is 0 Å². The van der Waals surface area contributed by atoms with Gasteiger partial charge in [-0.3, -0.25) is 0 Å². The van der Waals surface area contributed by atoms with Crippen LogP contribution in [0.1, 0.15) is 20.8 Å². The molecule has 82 valence electrons. The Kier molecular flexibility index (Phi) is 16.9. The molecule has 0 aliphatic rings. The quantitative estimate of drug-likeness (QED) is 0.602. The minimum Gasteiger partial charge on any atom is -0.394 e. The van der Waals surface area contributed by atoms with Gasteiger partial charge in [0.05, 0.1) is 32.5 Å². The van der Waals surface area contributed by atoms with Crippen LogP contribution in [0.4, 0.5) is 0 Å². The molecule has 0 amide bonds. The molecule has 0 heterocycles. The Morgan fingerprint density at radius 2 is 1.54 bits per heavy atom. The normalized spacial score (nSPS) is 9.69. The second-order valence-electron chi connectivity index (χ2n) is 2.56. The molecule has 0 saturated carbocycles. The van der Waals surface area contributed by atoms with Crippen molar-refractivity contribution in [2.45, 2.75) is 26.9 Å². The summed E-state index contributed by atoms with van der Waals surface area (Å²) in [5.41, 5.74) is 0. The summed E-state index contributed by atoms with van der Waals surface area (Å²) in [6.45, 7) is 7.59. The summed E-state index contributed by atoms with van der Waals surface area (Å²) in [6, 6.07) is 0. The van der Waals surface area contributed by atoms with Gasteiger partial charge in [-0.15, -0.1) is 0 Å². The van der Waals surface area contributed by atoms with Gasteiger partial charge < -0.3 is 19.7 Å². The lowest BCUT2D eigenvalue weighted by Gasteiger charge is -2.00. The molecule has 0 aromatic heterocycles. The monoisotopic (exact) mass is 194 g/mol. The molecule has 0 aliphatic carbocycles. The molecule has 0 fully saturated rings. The van der Waals surface area contributed by atoms with E-state index in [-0.39, 0.29) is 13.2 Å². The summed E-state index contributed by atoms with van der Waals surface area (Å²) in [5, 5.41) is 16.2. The van der Waals surface area contributed by atoms with Crippen LogP contribution in [0.5, 0.6) is 0 Å². The molecule has 13 heavy (non-hydrogen) atoms. The van der Waals surface area contributed by atoms with Crippen molar-refractivity contribution in [2.75, 3.05) is 33.0 Å². The van der Waals surface area contributed by atoms with E-state index in [1.807, 2.05) is 20.8 Å². The standard InChI is InChI=1S/C5H12O.C4H10O3/c1-4-6-5(2)3;5-1-3-7-4-2-6/h5H,4H2,1-3H3;5-6H,1-4H2. The predicted molar refractivity (Wildman–Crippen MR) is 51.8 cm³/mol. The van der Waals surface area contributed by atoms with E-state index in [4.69, 9.17) is 14.9 Å². The first-order valence-electron chi connectivity index (χ1n) is 4.60. The third kappa shape index (κ3) is 24.5. The maximum atomic E-state index is 8.09. The van der Waals surface area contributed by atoms with E-state index < -0.39 is 0 Å². The molecule has 0 atom stereocenters. The first-order valence-corrected chi connectivity index (χ1v) is 4.60. The molecule has 0 aromatic rings. The second-order valence-corrected chi connectivity index (χ2v) is 2.56. The number of ether oxygens (including phenoxy) is 2. The van der Waals surface area contributed by atoms with Crippen molar-refractivity contribution >= 4 is 0 Å². The van der Waals surface area contributed by atoms with Crippen molar-refractivity contribution in [1.82, 2.24) is 0 Å². The van der Waals surface area contributed by atoms with Crippen LogP contribution in [-0.4, -0.2) is 49.4 Å². The molecule has 4 heteroatoms. The highest BCUT2D eigenvalue weighted by molar-refractivity contribution is 4.30. The molecule has 0 unspecified atom stereocenters. The molecule has 0 radical (unpaired) electrons. The van der Waals surface area contributed by atoms with Crippen molar-refractivity contribution in [2.24, 2.45) is 0 Å². The Morgan fingerprint density at radius 3 is 1.69 bits per heavy atom. The van der Waals surface area contributed by atoms with Gasteiger partial charge in [0.1, 0.15) is 0 Å². The minimum atomic E-state index is 0.0278. The molecule has 0 spiro atoms. The van der Waals surface area contributed by atoms with Crippen molar-refractivity contribution in [1.29, 1.82) is 0 Å². The topological polar surface area (TPSA) is 58.9 Å². The summed E-state index contributed by atoms with van der Waals surface area (Å²) in [6.07, 6.45) is 0.398. The number of rotatable bonds is 6. The van der Waals surface area contributed by atoms with Crippen LogP contribution < -0.4 is 0 Å². The highest BCUT2D eigenvalue weighted by Crippen LogP contribution is 1.83. The third-order valence-electron chi connectivity index (χ3n) is 0.971. The maximum absolute atomic E-state index is 8.09. The zero-order valence-electron chi connectivity index (χ0n) is 8.82. The number of aliphatic hydroxyl groups excluding tert-OH is 2. The van der Waals surface area contributed by atoms with E-state index in [2.05, 4.69) is 4.74 Å². The number of aliphatic hydroxyl groups is 2. The predicted octanol–water partition coefficient (Wildman–Crippen LogP) is 0.419. The van der Waals surface area contributed by atoms with Gasteiger partial charge in [-0.25, -0.2) is 0 Å². The van der Waals surface area contributed by atoms with Crippen LogP contribution >= 0.6 is 0 Å². The molecule has 0 rings (SSSR count). The summed E-state index contributed by atoms with van der Waals surface area (Å²) in [7, 11) is 0. The summed E-state index contributed by atoms with van der Waals surface area (Å²) < 4.78 is 9.67. The van der Waals surface area contributed by atoms with Gasteiger partial charge in [0.2, 0.25) is 0 Å². The Hall–Kier alpha value is -0.160. The van der Waals surface area contributed by atoms with Crippen LogP contribution in [0.15, 0.2) is 0 Å². The third-order valence-corrected chi connectivity index (χ3v) is 0.971. The Morgan fingerprint density at radius 1 is 1.08 bits per heavy atom. The zero-order valence-corrected chi connectivity index (χ0v) is 8.82. The average Bonchev–Trinajstić information content (AvgIpc) is 2.06. The van der Waals surface area contributed by atoms with Crippen LogP contribution in [0.25, 0.3) is 0 Å². The van der Waals surface area contributed by atoms with Crippen molar-refractivity contribution < 1.29 is 19.7 Å². The lowest BCUT2D eigenvalue weighted by molar-refractivity contribution is 0.0650. The van der Waals surface area contributed by atoms with Crippen LogP contribution in [0, 0.1) is 0 Å². The fourth-order valence-electron chi connectivity index (χ4n) is 0.564. The second kappa shape index (κ2) is 14.4. The van der Waals surface area contributed by atoms with E-state index in [9.17, 15) is 0 Å². The van der Waals surface area contributed by atoms with Gasteiger partial charge in [0.25, 0.3) is 0 Å². The number of hydrogen-bond acceptors (Lipinski definition) is 4. The van der Waals surface area contributed by atoms with E-state index in [1.165, 1.54) is 0 Å². The highest BCUT2D eigenvalue weighted by atomic mass is 16.5. The molecule has 4 nitrogen and oxygen atoms in total. The fourth-order valence-corrected chi connectivity index (χ4v) is 0.564. The Bertz CT molecular complexity index is 72.0. The molecular formula is C9H22O4. The van der Waals surface area contributed by atoms with Crippen molar-refractivity contribution in [3.63, 3.8) is 0 Å². The fraction of sp³-hybridized carbons (Fsp3) is 1.00. The Balaban J connectivity index is 0. The summed E-state index contributed by atoms with van der Waals surface area (Å²) >= 11 is 0. The zero-order chi connectivity index (χ0) is 10.5. The minimum absolute atomic E-state index is 0.0278. The van der Waals surface area contributed by atoms with E-state index in [1.54, 1.807) is 0 Å². The van der Waals surface area contributed by atoms with Crippen molar-refractivity contribution in [3.05, 3.63) is 0 Å². The molecule has 0 aromatic carbocycles. The summed E-state index contributed by atoms with van der Waals surface area (Å²) in [5.74, 6) is 0. The number of hydrogen-bond donors (Lipinski definition) is 2. The lowest BCUT2D eigenvalue weighted by Crippen LogP contribution is -2.03. The van der Waals surface area contributed by atoms with E-state index in [0.717, 1.165) is 6.61 Å². The molecule has 2 N–H and O–H groups in total. The first kappa shape index (κ1) is 15.3. The van der Waals surface area contributed by atoms with Gasteiger partial charge in [0, 0.05) is 6.61 Å². The molecular weight excluding hydrogens is 172 g/mol. The van der Waals surface area contributed by atoms with Gasteiger partial charge in [-0.1, -0.05) is 0 Å². The van der Waals surface area contributed by atoms with Gasteiger partial charge in [-0.2, -0.15) is 0 Å². The first-order chi connectivity index (χ1) is 6.18. The SMILES string of the molecule is CCOC(C)C.OCCOCCO. The lowest BCUT2D eigenvalue weighted by atomic mass is 10.5. The highest BCUT2D eigenvalue weighted by Gasteiger charge is 1.83. The van der Waals surface area contributed by atoms with Crippen LogP contribution in [0.2, 0.25) is 0 Å². The smallest absolute Gasteiger partial charge is 0.0698 e. The van der Waals surface area contributed by atoms with Crippen LogP contribution in [-0.2, 0) is 9.47 Å². The van der Waals surface area contributed by atoms with Gasteiger partial charge in [-0.05, 0) is 20.8 Å². The van der Waals surface area contributed by atoms with Gasteiger partial charge in [0.15, 0.2) is 0 Å². The molecule has 0 saturated heterocycles. The Labute approximate surface area is 80.5 Å². The average molecular weight is 194 g/mol. The van der Waals surface area contributed by atoms with Crippen molar-refractivity contribution in [3.8, 4) is 0 Å². The maximum Gasteiger partial charge on any atom is 0.0698 e. The summed E-state index contributed by atoms with van der Waals surface area (Å²) in [4.78, 5) is 0. The largest absolute Gasteiger partial charge is 0.394 e. The van der Waals surface area contributed by atoms with E-state index in [0.29, 0.717) is 19.3 Å².